The van der Waals surface area contributed by atoms with Crippen LogP contribution < -0.4 is 0 Å². The number of cyclic esters (lactones) is 1. The molecular formula is C13H18O2. The largest absolute Gasteiger partial charge is 0.465 e. The highest BCUT2D eigenvalue weighted by Gasteiger charge is 2.24. The molecule has 1 saturated heterocycles. The van der Waals surface area contributed by atoms with E-state index in [2.05, 4.69) is 0 Å². The first kappa shape index (κ1) is 11.8. The van der Waals surface area contributed by atoms with Gasteiger partial charge >= 0.3 is 5.97 Å². The molecule has 1 atom stereocenters. The SMILES string of the molecule is CC.O=C1OCCCC1c1ccccc1. The van der Waals surface area contributed by atoms with Gasteiger partial charge in [-0.3, -0.25) is 4.79 Å². The molecule has 82 valence electrons. The molecule has 1 aromatic rings. The Hall–Kier alpha value is -1.31. The molecule has 0 bridgehead atoms. The van der Waals surface area contributed by atoms with Gasteiger partial charge in [-0.2, -0.15) is 0 Å². The Morgan fingerprint density at radius 1 is 1.20 bits per heavy atom. The van der Waals surface area contributed by atoms with Crippen LogP contribution in [0, 0.1) is 0 Å². The van der Waals surface area contributed by atoms with Crippen molar-refractivity contribution in [1.82, 2.24) is 0 Å². The lowest BCUT2D eigenvalue weighted by Crippen LogP contribution is -2.22. The summed E-state index contributed by atoms with van der Waals surface area (Å²) in [6.45, 7) is 4.59. The first-order valence-corrected chi connectivity index (χ1v) is 5.59. The minimum absolute atomic E-state index is 0.0325. The van der Waals surface area contributed by atoms with Crippen molar-refractivity contribution < 1.29 is 9.53 Å². The van der Waals surface area contributed by atoms with E-state index < -0.39 is 0 Å². The average molecular weight is 206 g/mol. The number of benzene rings is 1. The Kier molecular flexibility index (Phi) is 4.88. The predicted octanol–water partition coefficient (Wildman–Crippen LogP) is 3.13. The van der Waals surface area contributed by atoms with E-state index in [-0.39, 0.29) is 11.9 Å². The maximum absolute atomic E-state index is 11.4. The lowest BCUT2D eigenvalue weighted by molar-refractivity contribution is -0.149. The van der Waals surface area contributed by atoms with Crippen LogP contribution in [0.3, 0.4) is 0 Å². The van der Waals surface area contributed by atoms with Crippen LogP contribution in [0.2, 0.25) is 0 Å². The Balaban J connectivity index is 0.000000531. The smallest absolute Gasteiger partial charge is 0.313 e. The molecule has 0 spiro atoms. The van der Waals surface area contributed by atoms with Gasteiger partial charge in [0, 0.05) is 0 Å². The van der Waals surface area contributed by atoms with Gasteiger partial charge < -0.3 is 4.74 Å². The van der Waals surface area contributed by atoms with Crippen LogP contribution >= 0.6 is 0 Å². The number of ether oxygens (including phenoxy) is 1. The minimum atomic E-state index is -0.0718. The van der Waals surface area contributed by atoms with Crippen LogP contribution in [0.5, 0.6) is 0 Å². The van der Waals surface area contributed by atoms with Crippen molar-refractivity contribution >= 4 is 5.97 Å². The molecule has 0 aromatic heterocycles. The van der Waals surface area contributed by atoms with Crippen molar-refractivity contribution in [3.8, 4) is 0 Å². The molecule has 0 aliphatic carbocycles. The summed E-state index contributed by atoms with van der Waals surface area (Å²) >= 11 is 0. The van der Waals surface area contributed by atoms with Gasteiger partial charge in [0.2, 0.25) is 0 Å². The molecular weight excluding hydrogens is 188 g/mol. The summed E-state index contributed by atoms with van der Waals surface area (Å²) in [6.07, 6.45) is 1.90. The van der Waals surface area contributed by atoms with E-state index in [9.17, 15) is 4.79 Å². The third-order valence-electron chi connectivity index (χ3n) is 2.37. The Morgan fingerprint density at radius 3 is 2.47 bits per heavy atom. The normalized spacial score (nSPS) is 19.9. The second-order valence-corrected chi connectivity index (χ2v) is 3.27. The number of rotatable bonds is 1. The summed E-state index contributed by atoms with van der Waals surface area (Å²) in [5.74, 6) is -0.104. The van der Waals surface area contributed by atoms with Crippen molar-refractivity contribution in [3.05, 3.63) is 35.9 Å². The van der Waals surface area contributed by atoms with Crippen LogP contribution in [-0.2, 0) is 9.53 Å². The fourth-order valence-corrected chi connectivity index (χ4v) is 1.67. The summed E-state index contributed by atoms with van der Waals surface area (Å²) in [4.78, 5) is 11.4. The Bertz CT molecular complexity index is 293. The molecule has 2 nitrogen and oxygen atoms in total. The lowest BCUT2D eigenvalue weighted by Gasteiger charge is -2.20. The predicted molar refractivity (Wildman–Crippen MR) is 60.7 cm³/mol. The lowest BCUT2D eigenvalue weighted by atomic mass is 9.93. The maximum Gasteiger partial charge on any atom is 0.313 e. The van der Waals surface area contributed by atoms with E-state index in [0.717, 1.165) is 18.4 Å². The Labute approximate surface area is 91.3 Å². The van der Waals surface area contributed by atoms with Gasteiger partial charge in [0.25, 0.3) is 0 Å². The number of hydrogen-bond acceptors (Lipinski definition) is 2. The van der Waals surface area contributed by atoms with Gasteiger partial charge in [-0.1, -0.05) is 44.2 Å². The average Bonchev–Trinajstić information content (AvgIpc) is 2.33. The molecule has 2 heteroatoms. The molecule has 0 saturated carbocycles. The van der Waals surface area contributed by atoms with Gasteiger partial charge in [-0.15, -0.1) is 0 Å². The Morgan fingerprint density at radius 2 is 1.87 bits per heavy atom. The molecule has 2 rings (SSSR count). The van der Waals surface area contributed by atoms with Crippen molar-refractivity contribution in [1.29, 1.82) is 0 Å². The zero-order valence-electron chi connectivity index (χ0n) is 9.40. The van der Waals surface area contributed by atoms with Crippen molar-refractivity contribution in [2.75, 3.05) is 6.61 Å². The third-order valence-corrected chi connectivity index (χ3v) is 2.37. The summed E-state index contributed by atoms with van der Waals surface area (Å²) in [6, 6.07) is 9.83. The van der Waals surface area contributed by atoms with E-state index in [1.807, 2.05) is 44.2 Å². The highest BCUT2D eigenvalue weighted by Crippen LogP contribution is 2.25. The van der Waals surface area contributed by atoms with Gasteiger partial charge in [-0.05, 0) is 18.4 Å². The first-order chi connectivity index (χ1) is 7.38. The van der Waals surface area contributed by atoms with Crippen LogP contribution in [0.4, 0.5) is 0 Å². The second-order valence-electron chi connectivity index (χ2n) is 3.27. The van der Waals surface area contributed by atoms with E-state index in [4.69, 9.17) is 4.74 Å². The third kappa shape index (κ3) is 3.08. The maximum atomic E-state index is 11.4. The molecule has 15 heavy (non-hydrogen) atoms. The zero-order valence-corrected chi connectivity index (χ0v) is 9.40. The summed E-state index contributed by atoms with van der Waals surface area (Å²) < 4.78 is 5.01. The van der Waals surface area contributed by atoms with Crippen LogP contribution in [-0.4, -0.2) is 12.6 Å². The molecule has 1 heterocycles. The van der Waals surface area contributed by atoms with Crippen LogP contribution in [0.1, 0.15) is 38.2 Å². The van der Waals surface area contributed by atoms with Crippen molar-refractivity contribution in [3.63, 3.8) is 0 Å². The molecule has 1 aliphatic heterocycles. The van der Waals surface area contributed by atoms with Crippen LogP contribution in [0.25, 0.3) is 0 Å². The first-order valence-electron chi connectivity index (χ1n) is 5.59. The second kappa shape index (κ2) is 6.23. The van der Waals surface area contributed by atoms with Gasteiger partial charge in [-0.25, -0.2) is 0 Å². The zero-order chi connectivity index (χ0) is 11.1. The summed E-state index contributed by atoms with van der Waals surface area (Å²) in [7, 11) is 0. The molecule has 0 radical (unpaired) electrons. The van der Waals surface area contributed by atoms with Crippen molar-refractivity contribution in [2.24, 2.45) is 0 Å². The number of esters is 1. The van der Waals surface area contributed by atoms with E-state index in [1.54, 1.807) is 0 Å². The molecule has 0 amide bonds. The topological polar surface area (TPSA) is 26.3 Å². The summed E-state index contributed by atoms with van der Waals surface area (Å²) in [5, 5.41) is 0. The number of hydrogen-bond donors (Lipinski definition) is 0. The van der Waals surface area contributed by atoms with Gasteiger partial charge in [0.05, 0.1) is 12.5 Å². The van der Waals surface area contributed by atoms with E-state index >= 15 is 0 Å². The molecule has 1 aromatic carbocycles. The molecule has 1 fully saturated rings. The highest BCUT2D eigenvalue weighted by atomic mass is 16.5. The number of carbonyl (C=O) groups excluding carboxylic acids is 1. The highest BCUT2D eigenvalue weighted by molar-refractivity contribution is 5.78. The standard InChI is InChI=1S/C11H12O2.C2H6/c12-11-10(7-4-8-13-11)9-5-2-1-3-6-9;1-2/h1-3,5-6,10H,4,7-8H2;1-2H3. The minimum Gasteiger partial charge on any atom is -0.465 e. The van der Waals surface area contributed by atoms with Gasteiger partial charge in [0.1, 0.15) is 0 Å². The number of carbonyl (C=O) groups is 1. The van der Waals surface area contributed by atoms with Gasteiger partial charge in [0.15, 0.2) is 0 Å². The van der Waals surface area contributed by atoms with Crippen LogP contribution in [0.15, 0.2) is 30.3 Å². The fraction of sp³-hybridized carbons (Fsp3) is 0.462. The van der Waals surface area contributed by atoms with Crippen molar-refractivity contribution in [2.45, 2.75) is 32.6 Å². The monoisotopic (exact) mass is 206 g/mol. The van der Waals surface area contributed by atoms with E-state index in [0.29, 0.717) is 6.61 Å². The summed E-state index contributed by atoms with van der Waals surface area (Å²) in [5.41, 5.74) is 1.08. The molecule has 0 N–H and O–H groups in total. The molecule has 1 unspecified atom stereocenters. The van der Waals surface area contributed by atoms with E-state index in [1.165, 1.54) is 0 Å². The fourth-order valence-electron chi connectivity index (χ4n) is 1.67. The molecule has 1 aliphatic rings. The quantitative estimate of drug-likeness (QED) is 0.660.